The van der Waals surface area contributed by atoms with E-state index in [2.05, 4.69) is 20.9 Å². The maximum Gasteiger partial charge on any atom is 0.131 e. The number of hydrogen-bond donors (Lipinski definition) is 2. The lowest BCUT2D eigenvalue weighted by Crippen LogP contribution is -2.19. The van der Waals surface area contributed by atoms with Gasteiger partial charge in [-0.2, -0.15) is 0 Å². The van der Waals surface area contributed by atoms with Crippen LogP contribution < -0.4 is 10.6 Å². The average Bonchev–Trinajstić information content (AvgIpc) is 2.70. The van der Waals surface area contributed by atoms with Gasteiger partial charge in [-0.25, -0.2) is 4.98 Å². The molecule has 2 aromatic rings. The minimum absolute atomic E-state index is 0.703. The highest BCUT2D eigenvalue weighted by Gasteiger charge is 2.07. The quantitative estimate of drug-likeness (QED) is 0.824. The van der Waals surface area contributed by atoms with Gasteiger partial charge in [0.2, 0.25) is 0 Å². The third-order valence-electron chi connectivity index (χ3n) is 2.50. The molecule has 0 radical (unpaired) electrons. The van der Waals surface area contributed by atoms with Crippen LogP contribution in [0.2, 0.25) is 0 Å². The number of anilines is 2. The van der Waals surface area contributed by atoms with Crippen molar-refractivity contribution < 1.29 is 0 Å². The Kier molecular flexibility index (Phi) is 2.81. The normalized spacial score (nSPS) is 10.4. The van der Waals surface area contributed by atoms with Crippen molar-refractivity contribution in [1.29, 1.82) is 0 Å². The summed E-state index contributed by atoms with van der Waals surface area (Å²) in [6, 6.07) is 5.99. The van der Waals surface area contributed by atoms with E-state index in [-0.39, 0.29) is 0 Å². The van der Waals surface area contributed by atoms with Gasteiger partial charge in [0.15, 0.2) is 0 Å². The van der Waals surface area contributed by atoms with Gasteiger partial charge >= 0.3 is 0 Å². The van der Waals surface area contributed by atoms with Gasteiger partial charge in [0.25, 0.3) is 0 Å². The molecule has 4 heteroatoms. The number of H-pyrrole nitrogens is 1. The van der Waals surface area contributed by atoms with Crippen molar-refractivity contribution in [3.63, 3.8) is 0 Å². The summed E-state index contributed by atoms with van der Waals surface area (Å²) in [5.41, 5.74) is 8.64. The Bertz CT molecular complexity index is 462. The number of nitrogens with zero attached hydrogens (tertiary/aromatic N) is 2. The van der Waals surface area contributed by atoms with E-state index >= 15 is 0 Å². The number of aromatic nitrogens is 2. The van der Waals surface area contributed by atoms with Crippen LogP contribution in [0.4, 0.5) is 11.5 Å². The molecule has 16 heavy (non-hydrogen) atoms. The molecule has 0 aliphatic heterocycles. The van der Waals surface area contributed by atoms with Crippen LogP contribution in [0.25, 0.3) is 0 Å². The highest BCUT2D eigenvalue weighted by Crippen LogP contribution is 2.18. The van der Waals surface area contributed by atoms with Gasteiger partial charge in [-0.15, -0.1) is 0 Å². The maximum atomic E-state index is 5.68. The second-order valence-electron chi connectivity index (χ2n) is 3.96. The fraction of sp³-hybridized carbons (Fsp3) is 0.250. The lowest BCUT2D eigenvalue weighted by Gasteiger charge is -2.19. The highest BCUT2D eigenvalue weighted by atomic mass is 15.2. The summed E-state index contributed by atoms with van der Waals surface area (Å²) in [5, 5.41) is 0. The Morgan fingerprint density at radius 2 is 2.31 bits per heavy atom. The molecule has 4 nitrogen and oxygen atoms in total. The largest absolute Gasteiger partial charge is 0.397 e. The van der Waals surface area contributed by atoms with Crippen molar-refractivity contribution in [3.05, 3.63) is 41.9 Å². The maximum absolute atomic E-state index is 5.68. The topological polar surface area (TPSA) is 57.9 Å². The standard InChI is InChI=1S/C12H16N4/c1-9-6-10(13)7-15-12(9)16(2)8-11-4-3-5-14-11/h3-7,14H,8,13H2,1-2H3. The summed E-state index contributed by atoms with van der Waals surface area (Å²) in [6.07, 6.45) is 3.61. The molecule has 84 valence electrons. The van der Waals surface area contributed by atoms with E-state index < -0.39 is 0 Å². The van der Waals surface area contributed by atoms with Crippen molar-refractivity contribution in [2.45, 2.75) is 13.5 Å². The number of rotatable bonds is 3. The molecule has 0 aromatic carbocycles. The number of aromatic amines is 1. The van der Waals surface area contributed by atoms with Gasteiger partial charge in [-0.1, -0.05) is 0 Å². The molecule has 0 aliphatic rings. The number of nitrogen functional groups attached to an aromatic ring is 1. The summed E-state index contributed by atoms with van der Waals surface area (Å²) in [4.78, 5) is 9.62. The van der Waals surface area contributed by atoms with Crippen LogP contribution in [0, 0.1) is 6.92 Å². The zero-order valence-electron chi connectivity index (χ0n) is 9.57. The first-order chi connectivity index (χ1) is 7.66. The molecular weight excluding hydrogens is 200 g/mol. The van der Waals surface area contributed by atoms with Crippen molar-refractivity contribution in [2.75, 3.05) is 17.7 Å². The van der Waals surface area contributed by atoms with E-state index in [0.29, 0.717) is 5.69 Å². The van der Waals surface area contributed by atoms with Crippen molar-refractivity contribution in [2.24, 2.45) is 0 Å². The van der Waals surface area contributed by atoms with Crippen LogP contribution >= 0.6 is 0 Å². The Morgan fingerprint density at radius 3 is 2.94 bits per heavy atom. The van der Waals surface area contributed by atoms with E-state index in [1.165, 1.54) is 5.69 Å². The van der Waals surface area contributed by atoms with Crippen molar-refractivity contribution >= 4 is 11.5 Å². The molecular formula is C12H16N4. The SMILES string of the molecule is Cc1cc(N)cnc1N(C)Cc1ccc[nH]1. The number of hydrogen-bond acceptors (Lipinski definition) is 3. The Morgan fingerprint density at radius 1 is 1.50 bits per heavy atom. The first-order valence-electron chi connectivity index (χ1n) is 5.22. The second kappa shape index (κ2) is 4.26. The molecule has 0 unspecified atom stereocenters. The highest BCUT2D eigenvalue weighted by molar-refractivity contribution is 5.52. The molecule has 3 N–H and O–H groups in total. The zero-order valence-corrected chi connectivity index (χ0v) is 9.57. The molecule has 0 bridgehead atoms. The van der Waals surface area contributed by atoms with Crippen LogP contribution in [0.15, 0.2) is 30.6 Å². The summed E-state index contributed by atoms with van der Waals surface area (Å²) >= 11 is 0. The van der Waals surface area contributed by atoms with E-state index in [9.17, 15) is 0 Å². The van der Waals surface area contributed by atoms with Gasteiger partial charge in [-0.05, 0) is 30.7 Å². The van der Waals surface area contributed by atoms with Gasteiger partial charge in [0.1, 0.15) is 5.82 Å². The molecule has 0 saturated carbocycles. The molecule has 0 atom stereocenters. The van der Waals surface area contributed by atoms with Crippen LogP contribution in [0.1, 0.15) is 11.3 Å². The smallest absolute Gasteiger partial charge is 0.131 e. The molecule has 2 heterocycles. The Hall–Kier alpha value is -1.97. The molecule has 0 aliphatic carbocycles. The molecule has 2 aromatic heterocycles. The number of aryl methyl sites for hydroxylation is 1. The van der Waals surface area contributed by atoms with Gasteiger partial charge in [-0.3, -0.25) is 0 Å². The van der Waals surface area contributed by atoms with Crippen LogP contribution in [0.5, 0.6) is 0 Å². The van der Waals surface area contributed by atoms with Crippen molar-refractivity contribution in [1.82, 2.24) is 9.97 Å². The van der Waals surface area contributed by atoms with E-state index in [1.807, 2.05) is 32.3 Å². The Balaban J connectivity index is 2.17. The minimum Gasteiger partial charge on any atom is -0.397 e. The molecule has 0 fully saturated rings. The van der Waals surface area contributed by atoms with Gasteiger partial charge < -0.3 is 15.6 Å². The lowest BCUT2D eigenvalue weighted by atomic mass is 10.2. The fourth-order valence-corrected chi connectivity index (χ4v) is 1.79. The van der Waals surface area contributed by atoms with E-state index in [0.717, 1.165) is 17.9 Å². The first kappa shape index (κ1) is 10.5. The summed E-state index contributed by atoms with van der Waals surface area (Å²) in [7, 11) is 2.02. The molecule has 0 saturated heterocycles. The Labute approximate surface area is 95.1 Å². The summed E-state index contributed by atoms with van der Waals surface area (Å²) in [6.45, 7) is 2.83. The minimum atomic E-state index is 0.703. The number of nitrogens with one attached hydrogen (secondary N) is 1. The van der Waals surface area contributed by atoms with Gasteiger partial charge in [0, 0.05) is 18.9 Å². The van der Waals surface area contributed by atoms with Gasteiger partial charge in [0.05, 0.1) is 18.4 Å². The average molecular weight is 216 g/mol. The molecule has 0 amide bonds. The number of nitrogens with two attached hydrogens (primary N) is 1. The fourth-order valence-electron chi connectivity index (χ4n) is 1.79. The van der Waals surface area contributed by atoms with E-state index in [4.69, 9.17) is 5.73 Å². The lowest BCUT2D eigenvalue weighted by molar-refractivity contribution is 0.868. The van der Waals surface area contributed by atoms with E-state index in [1.54, 1.807) is 6.20 Å². The van der Waals surface area contributed by atoms with Crippen LogP contribution in [0.3, 0.4) is 0 Å². The third-order valence-corrected chi connectivity index (χ3v) is 2.50. The number of pyridine rings is 1. The predicted molar refractivity (Wildman–Crippen MR) is 66.3 cm³/mol. The predicted octanol–water partition coefficient (Wildman–Crippen LogP) is 1.94. The zero-order chi connectivity index (χ0) is 11.5. The van der Waals surface area contributed by atoms with Crippen molar-refractivity contribution in [3.8, 4) is 0 Å². The summed E-state index contributed by atoms with van der Waals surface area (Å²) in [5.74, 6) is 0.962. The third kappa shape index (κ3) is 2.16. The molecule has 2 rings (SSSR count). The second-order valence-corrected chi connectivity index (χ2v) is 3.96. The first-order valence-corrected chi connectivity index (χ1v) is 5.22. The monoisotopic (exact) mass is 216 g/mol. The van der Waals surface area contributed by atoms with Crippen LogP contribution in [-0.4, -0.2) is 17.0 Å². The summed E-state index contributed by atoms with van der Waals surface area (Å²) < 4.78 is 0. The van der Waals surface area contributed by atoms with Crippen LogP contribution in [-0.2, 0) is 6.54 Å². The molecule has 0 spiro atoms.